The molecule has 2 aliphatic rings. The average molecular weight is 236 g/mol. The molecule has 0 N–H and O–H groups in total. The van der Waals surface area contributed by atoms with E-state index in [1.54, 1.807) is 11.3 Å². The Kier molecular flexibility index (Phi) is 2.16. The first-order valence-corrected chi connectivity index (χ1v) is 6.23. The fraction of sp³-hybridized carbons (Fsp3) is 0.417. The molecule has 1 aromatic heterocycles. The Balaban J connectivity index is 2.13. The minimum absolute atomic E-state index is 0.248. The lowest BCUT2D eigenvalue weighted by atomic mass is 9.95. The van der Waals surface area contributed by atoms with Gasteiger partial charge in [0, 0.05) is 17.4 Å². The van der Waals surface area contributed by atoms with Crippen molar-refractivity contribution in [2.45, 2.75) is 25.6 Å². The molecule has 2 aliphatic heterocycles. The molecule has 3 rings (SSSR count). The summed E-state index contributed by atoms with van der Waals surface area (Å²) in [7, 11) is 0. The summed E-state index contributed by atoms with van der Waals surface area (Å²) in [5, 5.41) is 1.97. The highest BCUT2D eigenvalue weighted by atomic mass is 32.1. The van der Waals surface area contributed by atoms with Crippen LogP contribution in [0, 0.1) is 0 Å². The zero-order valence-corrected chi connectivity index (χ0v) is 9.80. The third kappa shape index (κ3) is 1.33. The van der Waals surface area contributed by atoms with Gasteiger partial charge in [0.2, 0.25) is 5.79 Å². The van der Waals surface area contributed by atoms with Gasteiger partial charge in [-0.15, -0.1) is 11.3 Å². The van der Waals surface area contributed by atoms with Crippen molar-refractivity contribution in [2.24, 2.45) is 0 Å². The Hall–Kier alpha value is -1.13. The molecule has 1 unspecified atom stereocenters. The van der Waals surface area contributed by atoms with Gasteiger partial charge in [0.25, 0.3) is 0 Å². The lowest BCUT2D eigenvalue weighted by Gasteiger charge is -2.30. The number of esters is 1. The summed E-state index contributed by atoms with van der Waals surface area (Å²) >= 11 is 1.56. The molecule has 0 saturated carbocycles. The van der Waals surface area contributed by atoms with Crippen LogP contribution in [-0.2, 0) is 14.3 Å². The van der Waals surface area contributed by atoms with Crippen LogP contribution in [0.5, 0.6) is 0 Å². The number of rotatable bonds is 1. The van der Waals surface area contributed by atoms with Gasteiger partial charge in [-0.3, -0.25) is 0 Å². The first-order valence-electron chi connectivity index (χ1n) is 5.35. The standard InChI is InChI=1S/C12H12O3S/c1-12-8(4-2-6-14-12)10(11(13)15-12)9-5-3-7-16-9/h3,5,7H,2,4,6H2,1H3. The molecule has 4 heteroatoms. The van der Waals surface area contributed by atoms with Gasteiger partial charge in [-0.25, -0.2) is 4.79 Å². The van der Waals surface area contributed by atoms with Crippen LogP contribution in [0.3, 0.4) is 0 Å². The van der Waals surface area contributed by atoms with Crippen molar-refractivity contribution in [1.82, 2.24) is 0 Å². The van der Waals surface area contributed by atoms with Crippen LogP contribution in [0.1, 0.15) is 24.6 Å². The molecule has 3 nitrogen and oxygen atoms in total. The van der Waals surface area contributed by atoms with Gasteiger partial charge < -0.3 is 9.47 Å². The zero-order valence-electron chi connectivity index (χ0n) is 8.99. The van der Waals surface area contributed by atoms with Crippen molar-refractivity contribution < 1.29 is 14.3 Å². The molecular formula is C12H12O3S. The predicted octanol–water partition coefficient (Wildman–Crippen LogP) is 2.59. The van der Waals surface area contributed by atoms with Gasteiger partial charge in [-0.2, -0.15) is 0 Å². The summed E-state index contributed by atoms with van der Waals surface area (Å²) < 4.78 is 11.0. The monoisotopic (exact) mass is 236 g/mol. The number of carbonyl (C=O) groups is 1. The second kappa shape index (κ2) is 3.43. The molecule has 16 heavy (non-hydrogen) atoms. The van der Waals surface area contributed by atoms with Crippen molar-refractivity contribution in [3.63, 3.8) is 0 Å². The van der Waals surface area contributed by atoms with Gasteiger partial charge in [-0.1, -0.05) is 6.07 Å². The van der Waals surface area contributed by atoms with Gasteiger partial charge in [-0.05, 0) is 24.3 Å². The normalized spacial score (nSPS) is 29.2. The molecular weight excluding hydrogens is 224 g/mol. The van der Waals surface area contributed by atoms with Gasteiger partial charge in [0.05, 0.1) is 12.2 Å². The van der Waals surface area contributed by atoms with Crippen molar-refractivity contribution in [2.75, 3.05) is 6.61 Å². The van der Waals surface area contributed by atoms with Crippen LogP contribution in [0.15, 0.2) is 23.1 Å². The number of fused-ring (bicyclic) bond motifs is 1. The number of hydrogen-bond donors (Lipinski definition) is 0. The molecule has 3 heterocycles. The first kappa shape index (κ1) is 10.1. The maximum absolute atomic E-state index is 11.9. The van der Waals surface area contributed by atoms with E-state index in [1.807, 2.05) is 24.4 Å². The Morgan fingerprint density at radius 2 is 2.38 bits per heavy atom. The summed E-state index contributed by atoms with van der Waals surface area (Å²) in [6, 6.07) is 3.90. The molecule has 1 fully saturated rings. The van der Waals surface area contributed by atoms with Crippen LogP contribution >= 0.6 is 11.3 Å². The maximum atomic E-state index is 11.9. The quantitative estimate of drug-likeness (QED) is 0.703. The Labute approximate surface area is 97.7 Å². The number of ether oxygens (including phenoxy) is 2. The van der Waals surface area contributed by atoms with Gasteiger partial charge in [0.15, 0.2) is 0 Å². The lowest BCUT2D eigenvalue weighted by Crippen LogP contribution is -2.35. The van der Waals surface area contributed by atoms with Crippen LogP contribution in [-0.4, -0.2) is 18.4 Å². The van der Waals surface area contributed by atoms with E-state index < -0.39 is 5.79 Å². The summed E-state index contributed by atoms with van der Waals surface area (Å²) in [4.78, 5) is 12.9. The number of hydrogen-bond acceptors (Lipinski definition) is 4. The average Bonchev–Trinajstić information content (AvgIpc) is 2.81. The third-order valence-corrected chi connectivity index (χ3v) is 3.95. The van der Waals surface area contributed by atoms with Crippen LogP contribution < -0.4 is 0 Å². The van der Waals surface area contributed by atoms with Crippen LogP contribution in [0.4, 0.5) is 0 Å². The fourth-order valence-electron chi connectivity index (χ4n) is 2.29. The highest BCUT2D eigenvalue weighted by Crippen LogP contribution is 2.44. The van der Waals surface area contributed by atoms with Crippen molar-refractivity contribution in [3.05, 3.63) is 28.0 Å². The van der Waals surface area contributed by atoms with Crippen molar-refractivity contribution in [1.29, 1.82) is 0 Å². The Bertz CT molecular complexity index is 461. The van der Waals surface area contributed by atoms with Crippen LogP contribution in [0.2, 0.25) is 0 Å². The molecule has 0 amide bonds. The van der Waals surface area contributed by atoms with E-state index in [-0.39, 0.29) is 5.97 Å². The van der Waals surface area contributed by atoms with E-state index in [0.717, 1.165) is 28.9 Å². The van der Waals surface area contributed by atoms with E-state index in [0.29, 0.717) is 6.61 Å². The van der Waals surface area contributed by atoms with E-state index in [1.165, 1.54) is 0 Å². The molecule has 1 saturated heterocycles. The second-order valence-corrected chi connectivity index (χ2v) is 5.07. The van der Waals surface area contributed by atoms with E-state index in [4.69, 9.17) is 9.47 Å². The molecule has 0 bridgehead atoms. The van der Waals surface area contributed by atoms with E-state index in [9.17, 15) is 4.79 Å². The second-order valence-electron chi connectivity index (χ2n) is 4.12. The SMILES string of the molecule is CC12OCCCC1=C(c1cccs1)C(=O)O2. The minimum Gasteiger partial charge on any atom is -0.426 e. The summed E-state index contributed by atoms with van der Waals surface area (Å²) in [6.45, 7) is 2.49. The number of carbonyl (C=O) groups excluding carboxylic acids is 1. The summed E-state index contributed by atoms with van der Waals surface area (Å²) in [5.74, 6) is -1.06. The van der Waals surface area contributed by atoms with Crippen LogP contribution in [0.25, 0.3) is 5.57 Å². The third-order valence-electron chi connectivity index (χ3n) is 3.06. The van der Waals surface area contributed by atoms with Crippen molar-refractivity contribution in [3.8, 4) is 0 Å². The zero-order chi connectivity index (χ0) is 11.2. The summed E-state index contributed by atoms with van der Waals surface area (Å²) in [5.41, 5.74) is 1.73. The topological polar surface area (TPSA) is 35.5 Å². The lowest BCUT2D eigenvalue weighted by molar-refractivity contribution is -0.201. The van der Waals surface area contributed by atoms with Gasteiger partial charge in [0.1, 0.15) is 0 Å². The highest BCUT2D eigenvalue weighted by Gasteiger charge is 2.47. The highest BCUT2D eigenvalue weighted by molar-refractivity contribution is 7.11. The van der Waals surface area contributed by atoms with E-state index in [2.05, 4.69) is 0 Å². The van der Waals surface area contributed by atoms with Gasteiger partial charge >= 0.3 is 5.97 Å². The molecule has 0 aromatic carbocycles. The fourth-order valence-corrected chi connectivity index (χ4v) is 3.08. The molecule has 1 aromatic rings. The smallest absolute Gasteiger partial charge is 0.342 e. The Morgan fingerprint density at radius 1 is 1.50 bits per heavy atom. The minimum atomic E-state index is -0.811. The predicted molar refractivity (Wildman–Crippen MR) is 60.9 cm³/mol. The number of thiophene rings is 1. The molecule has 0 spiro atoms. The largest absolute Gasteiger partial charge is 0.426 e. The maximum Gasteiger partial charge on any atom is 0.342 e. The first-order chi connectivity index (χ1) is 7.71. The molecule has 1 atom stereocenters. The van der Waals surface area contributed by atoms with Crippen molar-refractivity contribution >= 4 is 22.9 Å². The van der Waals surface area contributed by atoms with E-state index >= 15 is 0 Å². The Morgan fingerprint density at radius 3 is 3.12 bits per heavy atom. The summed E-state index contributed by atoms with van der Waals surface area (Å²) in [6.07, 6.45) is 1.84. The molecule has 0 radical (unpaired) electrons. The molecule has 84 valence electrons. The molecule has 0 aliphatic carbocycles.